The summed E-state index contributed by atoms with van der Waals surface area (Å²) >= 11 is 0. The van der Waals surface area contributed by atoms with E-state index in [0.717, 1.165) is 31.7 Å². The Morgan fingerprint density at radius 1 is 1.25 bits per heavy atom. The molecule has 2 heterocycles. The van der Waals surface area contributed by atoms with Crippen LogP contribution in [0.5, 0.6) is 0 Å². The number of halogens is 1. The minimum Gasteiger partial charge on any atom is -0.380 e. The zero-order valence-electron chi connectivity index (χ0n) is 11.3. The number of rotatable bonds is 4. The summed E-state index contributed by atoms with van der Waals surface area (Å²) < 4.78 is 13.1. The van der Waals surface area contributed by atoms with E-state index in [4.69, 9.17) is 0 Å². The van der Waals surface area contributed by atoms with Crippen LogP contribution in [0.2, 0.25) is 0 Å². The summed E-state index contributed by atoms with van der Waals surface area (Å²) in [5.41, 5.74) is 2.09. The van der Waals surface area contributed by atoms with Gasteiger partial charge in [0.1, 0.15) is 5.82 Å². The molecule has 0 aliphatic carbocycles. The standard InChI is InChI=1S/C16H18FN3/c17-14-8-16(10-18-9-14)19-15-6-7-20(12-15)11-13-4-2-1-3-5-13/h1-5,8-10,15,19H,6-7,11-12H2. The molecular formula is C16H18FN3. The normalized spacial score (nSPS) is 19.1. The Labute approximate surface area is 118 Å². The molecular weight excluding hydrogens is 253 g/mol. The first-order valence-electron chi connectivity index (χ1n) is 6.93. The first-order valence-corrected chi connectivity index (χ1v) is 6.93. The van der Waals surface area contributed by atoms with Crippen molar-refractivity contribution >= 4 is 5.69 Å². The number of pyridine rings is 1. The van der Waals surface area contributed by atoms with Crippen LogP contribution in [-0.4, -0.2) is 29.0 Å². The van der Waals surface area contributed by atoms with Gasteiger partial charge in [0, 0.05) is 31.7 Å². The molecule has 3 nitrogen and oxygen atoms in total. The Morgan fingerprint density at radius 2 is 2.10 bits per heavy atom. The number of hydrogen-bond acceptors (Lipinski definition) is 3. The summed E-state index contributed by atoms with van der Waals surface area (Å²) in [7, 11) is 0. The van der Waals surface area contributed by atoms with Crippen LogP contribution in [0.25, 0.3) is 0 Å². The Hall–Kier alpha value is -1.94. The van der Waals surface area contributed by atoms with Gasteiger partial charge < -0.3 is 5.32 Å². The molecule has 1 atom stereocenters. The molecule has 1 aliphatic rings. The lowest BCUT2D eigenvalue weighted by molar-refractivity contribution is 0.328. The van der Waals surface area contributed by atoms with E-state index in [1.165, 1.54) is 17.8 Å². The molecule has 20 heavy (non-hydrogen) atoms. The van der Waals surface area contributed by atoms with Crippen molar-refractivity contribution in [1.29, 1.82) is 0 Å². The van der Waals surface area contributed by atoms with Crippen LogP contribution in [0.3, 0.4) is 0 Å². The molecule has 1 aromatic heterocycles. The van der Waals surface area contributed by atoms with Gasteiger partial charge in [0.05, 0.1) is 18.1 Å². The van der Waals surface area contributed by atoms with Crippen LogP contribution >= 0.6 is 0 Å². The first-order chi connectivity index (χ1) is 9.79. The van der Waals surface area contributed by atoms with E-state index in [9.17, 15) is 4.39 Å². The Morgan fingerprint density at radius 3 is 2.90 bits per heavy atom. The minimum absolute atomic E-state index is 0.297. The van der Waals surface area contributed by atoms with Crippen LogP contribution in [0.15, 0.2) is 48.8 Å². The third kappa shape index (κ3) is 3.33. The Kier molecular flexibility index (Phi) is 3.92. The van der Waals surface area contributed by atoms with Crippen LogP contribution in [0.4, 0.5) is 10.1 Å². The van der Waals surface area contributed by atoms with Crippen molar-refractivity contribution in [2.45, 2.75) is 19.0 Å². The highest BCUT2D eigenvalue weighted by molar-refractivity contribution is 5.41. The molecule has 3 rings (SSSR count). The number of likely N-dealkylation sites (tertiary alicyclic amines) is 1. The molecule has 0 spiro atoms. The van der Waals surface area contributed by atoms with Crippen LogP contribution in [-0.2, 0) is 6.54 Å². The van der Waals surface area contributed by atoms with Gasteiger partial charge in [0.2, 0.25) is 0 Å². The molecule has 1 fully saturated rings. The highest BCUT2D eigenvalue weighted by Gasteiger charge is 2.22. The summed E-state index contributed by atoms with van der Waals surface area (Å²) in [6.45, 7) is 3.02. The third-order valence-corrected chi connectivity index (χ3v) is 3.60. The number of nitrogens with zero attached hydrogens (tertiary/aromatic N) is 2. The molecule has 0 radical (unpaired) electrons. The first kappa shape index (κ1) is 13.1. The van der Waals surface area contributed by atoms with Crippen molar-refractivity contribution in [1.82, 2.24) is 9.88 Å². The number of nitrogens with one attached hydrogen (secondary N) is 1. The fourth-order valence-corrected chi connectivity index (χ4v) is 2.66. The smallest absolute Gasteiger partial charge is 0.143 e. The lowest BCUT2D eigenvalue weighted by atomic mass is 10.2. The lowest BCUT2D eigenvalue weighted by Gasteiger charge is -2.17. The van der Waals surface area contributed by atoms with Gasteiger partial charge in [0.15, 0.2) is 0 Å². The maximum atomic E-state index is 13.1. The zero-order chi connectivity index (χ0) is 13.8. The van der Waals surface area contributed by atoms with Gasteiger partial charge in [-0.2, -0.15) is 0 Å². The van der Waals surface area contributed by atoms with Crippen molar-refractivity contribution in [2.24, 2.45) is 0 Å². The summed E-state index contributed by atoms with van der Waals surface area (Å²) in [5, 5.41) is 3.35. The molecule has 0 bridgehead atoms. The van der Waals surface area contributed by atoms with Crippen LogP contribution in [0.1, 0.15) is 12.0 Å². The van der Waals surface area contributed by atoms with Crippen molar-refractivity contribution < 1.29 is 4.39 Å². The fourth-order valence-electron chi connectivity index (χ4n) is 2.66. The highest BCUT2D eigenvalue weighted by Crippen LogP contribution is 2.17. The minimum atomic E-state index is -0.297. The lowest BCUT2D eigenvalue weighted by Crippen LogP contribution is -2.26. The molecule has 1 N–H and O–H groups in total. The van der Waals surface area contributed by atoms with Gasteiger partial charge in [-0.15, -0.1) is 0 Å². The van der Waals surface area contributed by atoms with Gasteiger partial charge in [-0.1, -0.05) is 30.3 Å². The molecule has 0 amide bonds. The fraction of sp³-hybridized carbons (Fsp3) is 0.312. The van der Waals surface area contributed by atoms with E-state index >= 15 is 0 Å². The predicted molar refractivity (Wildman–Crippen MR) is 77.9 cm³/mol. The monoisotopic (exact) mass is 271 g/mol. The van der Waals surface area contributed by atoms with Crippen molar-refractivity contribution in [3.05, 3.63) is 60.2 Å². The molecule has 1 aliphatic heterocycles. The Bertz CT molecular complexity index is 559. The zero-order valence-corrected chi connectivity index (χ0v) is 11.3. The van der Waals surface area contributed by atoms with Gasteiger partial charge in [-0.25, -0.2) is 4.39 Å². The molecule has 4 heteroatoms. The highest BCUT2D eigenvalue weighted by atomic mass is 19.1. The Balaban J connectivity index is 1.54. The second kappa shape index (κ2) is 6.01. The summed E-state index contributed by atoms with van der Waals surface area (Å²) in [6.07, 6.45) is 3.97. The molecule has 2 aromatic rings. The largest absolute Gasteiger partial charge is 0.380 e. The molecule has 1 aromatic carbocycles. The second-order valence-electron chi connectivity index (χ2n) is 5.24. The van der Waals surface area contributed by atoms with Gasteiger partial charge in [0.25, 0.3) is 0 Å². The average molecular weight is 271 g/mol. The summed E-state index contributed by atoms with van der Waals surface area (Å²) in [6, 6.07) is 12.3. The van der Waals surface area contributed by atoms with Gasteiger partial charge in [-0.3, -0.25) is 9.88 Å². The SMILES string of the molecule is Fc1cncc(NC2CCN(Cc3ccccc3)C2)c1. The topological polar surface area (TPSA) is 28.2 Å². The summed E-state index contributed by atoms with van der Waals surface area (Å²) in [5.74, 6) is -0.297. The number of aromatic nitrogens is 1. The third-order valence-electron chi connectivity index (χ3n) is 3.60. The number of anilines is 1. The van der Waals surface area contributed by atoms with Crippen LogP contribution < -0.4 is 5.32 Å². The quantitative estimate of drug-likeness (QED) is 0.926. The second-order valence-corrected chi connectivity index (χ2v) is 5.24. The summed E-state index contributed by atoms with van der Waals surface area (Å²) in [4.78, 5) is 6.28. The van der Waals surface area contributed by atoms with Crippen molar-refractivity contribution in [2.75, 3.05) is 18.4 Å². The van der Waals surface area contributed by atoms with E-state index in [1.807, 2.05) is 6.07 Å². The van der Waals surface area contributed by atoms with Crippen molar-refractivity contribution in [3.63, 3.8) is 0 Å². The van der Waals surface area contributed by atoms with E-state index in [-0.39, 0.29) is 5.82 Å². The van der Waals surface area contributed by atoms with Crippen molar-refractivity contribution in [3.8, 4) is 0 Å². The van der Waals surface area contributed by atoms with E-state index in [0.29, 0.717) is 6.04 Å². The van der Waals surface area contributed by atoms with Gasteiger partial charge >= 0.3 is 0 Å². The molecule has 104 valence electrons. The van der Waals surface area contributed by atoms with E-state index in [2.05, 4.69) is 39.5 Å². The predicted octanol–water partition coefficient (Wildman–Crippen LogP) is 2.91. The van der Waals surface area contributed by atoms with Gasteiger partial charge in [-0.05, 0) is 12.0 Å². The average Bonchev–Trinajstić information content (AvgIpc) is 2.87. The molecule has 1 saturated heterocycles. The maximum absolute atomic E-state index is 13.1. The maximum Gasteiger partial charge on any atom is 0.143 e. The van der Waals surface area contributed by atoms with Crippen LogP contribution in [0, 0.1) is 5.82 Å². The molecule has 1 unspecified atom stereocenters. The molecule has 0 saturated carbocycles. The van der Waals surface area contributed by atoms with E-state index < -0.39 is 0 Å². The number of benzene rings is 1. The van der Waals surface area contributed by atoms with E-state index in [1.54, 1.807) is 6.20 Å². The number of hydrogen-bond donors (Lipinski definition) is 1.